The molecule has 1 amide bonds. The number of carbonyl (C=O) groups excluding carboxylic acids is 1. The number of amides is 1. The fourth-order valence-corrected chi connectivity index (χ4v) is 2.44. The lowest BCUT2D eigenvalue weighted by molar-refractivity contribution is -0.121. The van der Waals surface area contributed by atoms with Crippen molar-refractivity contribution in [3.63, 3.8) is 0 Å². The Morgan fingerprint density at radius 1 is 1.17 bits per heavy atom. The van der Waals surface area contributed by atoms with Gasteiger partial charge in [0, 0.05) is 24.0 Å². The van der Waals surface area contributed by atoms with E-state index in [2.05, 4.69) is 10.3 Å². The molecular weight excluding hydrogens is 292 g/mol. The van der Waals surface area contributed by atoms with Gasteiger partial charge in [-0.15, -0.1) is 0 Å². The summed E-state index contributed by atoms with van der Waals surface area (Å²) in [5.41, 5.74) is 1.95. The van der Waals surface area contributed by atoms with Gasteiger partial charge in [0.15, 0.2) is 0 Å². The highest BCUT2D eigenvalue weighted by Gasteiger charge is 2.13. The third-order valence-electron chi connectivity index (χ3n) is 3.54. The van der Waals surface area contributed by atoms with Crippen molar-refractivity contribution in [1.29, 1.82) is 0 Å². The largest absolute Gasteiger partial charge is 0.497 e. The molecule has 0 unspecified atom stereocenters. The minimum atomic E-state index is -0.0434. The Morgan fingerprint density at radius 3 is 2.57 bits per heavy atom. The molecule has 0 fully saturated rings. The maximum atomic E-state index is 12.3. The van der Waals surface area contributed by atoms with Gasteiger partial charge in [-0.25, -0.2) is 0 Å². The molecule has 5 nitrogen and oxygen atoms in total. The topological polar surface area (TPSA) is 60.5 Å². The van der Waals surface area contributed by atoms with E-state index in [9.17, 15) is 4.79 Å². The normalized spacial score (nSPS) is 11.6. The molecule has 0 aliphatic carbocycles. The molecule has 0 saturated carbocycles. The van der Waals surface area contributed by atoms with Crippen molar-refractivity contribution in [2.45, 2.75) is 25.8 Å². The molecule has 1 heterocycles. The van der Waals surface area contributed by atoms with Crippen LogP contribution in [0.15, 0.2) is 42.7 Å². The molecule has 2 aromatic rings. The number of hydrogen-bond donors (Lipinski definition) is 1. The lowest BCUT2D eigenvalue weighted by Crippen LogP contribution is -2.35. The standard InChI is InChI=1S/C18H22N2O3/c1-13(10-14-6-8-19-9-7-14)20-18(21)12-15-11-16(22-2)4-5-17(15)23-3/h4-9,11,13H,10,12H2,1-3H3,(H,20,21)/t13-/m1/s1. The lowest BCUT2D eigenvalue weighted by Gasteiger charge is -2.15. The first-order valence-electron chi connectivity index (χ1n) is 7.51. The molecule has 23 heavy (non-hydrogen) atoms. The van der Waals surface area contributed by atoms with Crippen LogP contribution >= 0.6 is 0 Å². The van der Waals surface area contributed by atoms with Crippen molar-refractivity contribution < 1.29 is 14.3 Å². The second kappa shape index (κ2) is 8.17. The molecule has 5 heteroatoms. The lowest BCUT2D eigenvalue weighted by atomic mass is 10.1. The van der Waals surface area contributed by atoms with Crippen LogP contribution < -0.4 is 14.8 Å². The summed E-state index contributed by atoms with van der Waals surface area (Å²) in [6.45, 7) is 1.99. The highest BCUT2D eigenvalue weighted by molar-refractivity contribution is 5.79. The molecule has 0 radical (unpaired) electrons. The number of benzene rings is 1. The molecule has 122 valence electrons. The van der Waals surface area contributed by atoms with Crippen LogP contribution in [0.2, 0.25) is 0 Å². The van der Waals surface area contributed by atoms with Crippen molar-refractivity contribution in [2.24, 2.45) is 0 Å². The monoisotopic (exact) mass is 314 g/mol. The summed E-state index contributed by atoms with van der Waals surface area (Å²) in [4.78, 5) is 16.3. The Bertz CT molecular complexity index is 644. The van der Waals surface area contributed by atoms with E-state index in [0.29, 0.717) is 11.5 Å². The van der Waals surface area contributed by atoms with Gasteiger partial charge < -0.3 is 14.8 Å². The number of nitrogens with one attached hydrogen (secondary N) is 1. The van der Waals surface area contributed by atoms with Gasteiger partial charge in [0.05, 0.1) is 20.6 Å². The van der Waals surface area contributed by atoms with Crippen LogP contribution in [0.5, 0.6) is 11.5 Å². The van der Waals surface area contributed by atoms with Crippen molar-refractivity contribution in [3.8, 4) is 11.5 Å². The van der Waals surface area contributed by atoms with Crippen LogP contribution in [0.3, 0.4) is 0 Å². The van der Waals surface area contributed by atoms with Gasteiger partial charge in [-0.1, -0.05) is 0 Å². The van der Waals surface area contributed by atoms with Crippen LogP contribution in [-0.4, -0.2) is 31.2 Å². The van der Waals surface area contributed by atoms with Crippen molar-refractivity contribution >= 4 is 5.91 Å². The molecule has 0 aliphatic heterocycles. The zero-order valence-electron chi connectivity index (χ0n) is 13.7. The molecule has 1 aromatic heterocycles. The van der Waals surface area contributed by atoms with E-state index in [0.717, 1.165) is 17.5 Å². The number of aromatic nitrogens is 1. The predicted molar refractivity (Wildman–Crippen MR) is 88.8 cm³/mol. The second-order valence-electron chi connectivity index (χ2n) is 5.38. The van der Waals surface area contributed by atoms with E-state index < -0.39 is 0 Å². The molecular formula is C18H22N2O3. The first kappa shape index (κ1) is 16.8. The number of ether oxygens (including phenoxy) is 2. The summed E-state index contributed by atoms with van der Waals surface area (Å²) in [5, 5.41) is 3.01. The Kier molecular flexibility index (Phi) is 5.97. The molecule has 0 saturated heterocycles. The first-order chi connectivity index (χ1) is 11.1. The van der Waals surface area contributed by atoms with Crippen molar-refractivity contribution in [2.75, 3.05) is 14.2 Å². The minimum Gasteiger partial charge on any atom is -0.497 e. The third-order valence-corrected chi connectivity index (χ3v) is 3.54. The first-order valence-corrected chi connectivity index (χ1v) is 7.51. The van der Waals surface area contributed by atoms with Gasteiger partial charge in [-0.3, -0.25) is 9.78 Å². The van der Waals surface area contributed by atoms with Gasteiger partial charge >= 0.3 is 0 Å². The summed E-state index contributed by atoms with van der Waals surface area (Å²) >= 11 is 0. The average Bonchev–Trinajstić information content (AvgIpc) is 2.55. The molecule has 1 aromatic carbocycles. The van der Waals surface area contributed by atoms with Gasteiger partial charge in [-0.05, 0) is 49.2 Å². The quantitative estimate of drug-likeness (QED) is 0.852. The number of carbonyl (C=O) groups is 1. The Labute approximate surface area is 136 Å². The molecule has 1 atom stereocenters. The highest BCUT2D eigenvalue weighted by Crippen LogP contribution is 2.24. The van der Waals surface area contributed by atoms with E-state index in [-0.39, 0.29) is 18.4 Å². The smallest absolute Gasteiger partial charge is 0.224 e. The van der Waals surface area contributed by atoms with E-state index in [4.69, 9.17) is 9.47 Å². The average molecular weight is 314 g/mol. The molecule has 1 N–H and O–H groups in total. The fraction of sp³-hybridized carbons (Fsp3) is 0.333. The molecule has 0 aliphatic rings. The van der Waals surface area contributed by atoms with Crippen LogP contribution in [0.4, 0.5) is 0 Å². The summed E-state index contributed by atoms with van der Waals surface area (Å²) in [5.74, 6) is 1.35. The summed E-state index contributed by atoms with van der Waals surface area (Å²) in [6, 6.07) is 9.39. The van der Waals surface area contributed by atoms with Crippen LogP contribution in [0.1, 0.15) is 18.1 Å². The number of hydrogen-bond acceptors (Lipinski definition) is 4. The fourth-order valence-electron chi connectivity index (χ4n) is 2.44. The predicted octanol–water partition coefficient (Wildman–Crippen LogP) is 2.39. The van der Waals surface area contributed by atoms with Crippen molar-refractivity contribution in [3.05, 3.63) is 53.9 Å². The molecule has 2 rings (SSSR count). The Balaban J connectivity index is 1.96. The van der Waals surface area contributed by atoms with E-state index in [1.54, 1.807) is 26.6 Å². The number of rotatable bonds is 7. The van der Waals surface area contributed by atoms with Crippen LogP contribution in [0, 0.1) is 0 Å². The Hall–Kier alpha value is -2.56. The number of pyridine rings is 1. The summed E-state index contributed by atoms with van der Waals surface area (Å²) < 4.78 is 10.5. The SMILES string of the molecule is COc1ccc(OC)c(CC(=O)N[C@H](C)Cc2ccncc2)c1. The maximum absolute atomic E-state index is 12.3. The maximum Gasteiger partial charge on any atom is 0.224 e. The second-order valence-corrected chi connectivity index (χ2v) is 5.38. The molecule has 0 bridgehead atoms. The van der Waals surface area contributed by atoms with E-state index in [1.165, 1.54) is 0 Å². The Morgan fingerprint density at radius 2 is 1.91 bits per heavy atom. The molecule has 0 spiro atoms. The van der Waals surface area contributed by atoms with Gasteiger partial charge in [0.25, 0.3) is 0 Å². The van der Waals surface area contributed by atoms with Crippen LogP contribution in [0.25, 0.3) is 0 Å². The van der Waals surface area contributed by atoms with Gasteiger partial charge in [0.2, 0.25) is 5.91 Å². The summed E-state index contributed by atoms with van der Waals surface area (Å²) in [7, 11) is 3.19. The zero-order valence-corrected chi connectivity index (χ0v) is 13.7. The number of methoxy groups -OCH3 is 2. The summed E-state index contributed by atoms with van der Waals surface area (Å²) in [6.07, 6.45) is 4.53. The number of nitrogens with zero attached hydrogens (tertiary/aromatic N) is 1. The minimum absolute atomic E-state index is 0.0431. The van der Waals surface area contributed by atoms with E-state index in [1.807, 2.05) is 37.3 Å². The zero-order chi connectivity index (χ0) is 16.7. The highest BCUT2D eigenvalue weighted by atomic mass is 16.5. The van der Waals surface area contributed by atoms with Gasteiger partial charge in [0.1, 0.15) is 11.5 Å². The van der Waals surface area contributed by atoms with E-state index >= 15 is 0 Å². The van der Waals surface area contributed by atoms with Crippen LogP contribution in [-0.2, 0) is 17.6 Å². The van der Waals surface area contributed by atoms with Crippen molar-refractivity contribution in [1.82, 2.24) is 10.3 Å². The van der Waals surface area contributed by atoms with Gasteiger partial charge in [-0.2, -0.15) is 0 Å². The third kappa shape index (κ3) is 4.98.